The van der Waals surface area contributed by atoms with Crippen molar-refractivity contribution in [2.24, 2.45) is 0 Å². The lowest BCUT2D eigenvalue weighted by Crippen LogP contribution is -2.49. The highest BCUT2D eigenvalue weighted by Crippen LogP contribution is 2.26. The van der Waals surface area contributed by atoms with E-state index in [9.17, 15) is 5.11 Å². The van der Waals surface area contributed by atoms with Crippen molar-refractivity contribution in [2.45, 2.75) is 25.6 Å². The van der Waals surface area contributed by atoms with Crippen LogP contribution in [0.15, 0.2) is 54.6 Å². The fourth-order valence-corrected chi connectivity index (χ4v) is 3.99. The van der Waals surface area contributed by atoms with E-state index in [-0.39, 0.29) is 12.7 Å². The first-order valence-electron chi connectivity index (χ1n) is 11.2. The number of hydrogen-bond donors (Lipinski definition) is 1. The molecule has 0 saturated carbocycles. The van der Waals surface area contributed by atoms with E-state index in [0.717, 1.165) is 45.8 Å². The number of rotatable bonds is 12. The summed E-state index contributed by atoms with van der Waals surface area (Å²) >= 11 is 0. The summed E-state index contributed by atoms with van der Waals surface area (Å²) in [7, 11) is 1.62. The van der Waals surface area contributed by atoms with Gasteiger partial charge < -0.3 is 24.2 Å². The van der Waals surface area contributed by atoms with Crippen LogP contribution in [0.25, 0.3) is 0 Å². The second-order valence-electron chi connectivity index (χ2n) is 7.90. The van der Waals surface area contributed by atoms with Crippen molar-refractivity contribution < 1.29 is 19.3 Å². The maximum absolute atomic E-state index is 10.4. The van der Waals surface area contributed by atoms with Gasteiger partial charge in [0.2, 0.25) is 0 Å². The van der Waals surface area contributed by atoms with Gasteiger partial charge >= 0.3 is 0 Å². The van der Waals surface area contributed by atoms with E-state index in [1.54, 1.807) is 7.11 Å². The molecule has 1 saturated heterocycles. The molecule has 0 aliphatic carbocycles. The number of hydrogen-bond acceptors (Lipinski definition) is 6. The lowest BCUT2D eigenvalue weighted by molar-refractivity contribution is 0.0289. The van der Waals surface area contributed by atoms with E-state index in [0.29, 0.717) is 18.0 Å². The number of nitrogens with zero attached hydrogens (tertiary/aromatic N) is 2. The van der Waals surface area contributed by atoms with Crippen LogP contribution in [0.4, 0.5) is 0 Å². The van der Waals surface area contributed by atoms with Crippen molar-refractivity contribution in [3.05, 3.63) is 60.2 Å². The Balaban J connectivity index is 1.37. The summed E-state index contributed by atoms with van der Waals surface area (Å²) in [5.74, 6) is 1.35. The van der Waals surface area contributed by atoms with E-state index in [1.807, 2.05) is 30.3 Å². The van der Waals surface area contributed by atoms with Gasteiger partial charge in [-0.1, -0.05) is 42.5 Å². The number of benzene rings is 2. The van der Waals surface area contributed by atoms with Gasteiger partial charge in [0.1, 0.15) is 12.7 Å². The zero-order valence-electron chi connectivity index (χ0n) is 18.8. The number of aliphatic hydroxyl groups excluding tert-OH is 1. The number of piperazine rings is 1. The third kappa shape index (κ3) is 7.51. The van der Waals surface area contributed by atoms with Gasteiger partial charge in [-0.3, -0.25) is 4.90 Å². The quantitative estimate of drug-likeness (QED) is 0.560. The van der Waals surface area contributed by atoms with Crippen LogP contribution in [-0.2, 0) is 4.74 Å². The number of aliphatic hydroxyl groups is 1. The van der Waals surface area contributed by atoms with Crippen LogP contribution in [0, 0.1) is 0 Å². The molecular formula is C25H36N2O4. The van der Waals surface area contributed by atoms with Crippen LogP contribution >= 0.6 is 0 Å². The monoisotopic (exact) mass is 428 g/mol. The van der Waals surface area contributed by atoms with Crippen molar-refractivity contribution >= 4 is 0 Å². The van der Waals surface area contributed by atoms with Gasteiger partial charge in [-0.25, -0.2) is 0 Å². The maximum Gasteiger partial charge on any atom is 0.161 e. The molecule has 1 heterocycles. The largest absolute Gasteiger partial charge is 0.493 e. The van der Waals surface area contributed by atoms with E-state index < -0.39 is 6.10 Å². The molecule has 0 spiro atoms. The van der Waals surface area contributed by atoms with Gasteiger partial charge in [-0.05, 0) is 31.0 Å². The minimum atomic E-state index is -0.531. The van der Waals surface area contributed by atoms with E-state index in [1.165, 1.54) is 5.56 Å². The summed E-state index contributed by atoms with van der Waals surface area (Å²) in [5, 5.41) is 10.4. The van der Waals surface area contributed by atoms with E-state index in [2.05, 4.69) is 41.0 Å². The molecule has 2 unspecified atom stereocenters. The van der Waals surface area contributed by atoms with E-state index >= 15 is 0 Å². The molecule has 2 aromatic rings. The molecule has 2 atom stereocenters. The first-order valence-corrected chi connectivity index (χ1v) is 11.2. The van der Waals surface area contributed by atoms with Crippen molar-refractivity contribution in [3.63, 3.8) is 0 Å². The molecule has 31 heavy (non-hydrogen) atoms. The summed E-state index contributed by atoms with van der Waals surface area (Å²) in [6.45, 7) is 8.60. The lowest BCUT2D eigenvalue weighted by atomic mass is 10.1. The minimum Gasteiger partial charge on any atom is -0.493 e. The zero-order valence-corrected chi connectivity index (χ0v) is 18.8. The predicted molar refractivity (Wildman–Crippen MR) is 123 cm³/mol. The van der Waals surface area contributed by atoms with Crippen molar-refractivity contribution in [3.8, 4) is 11.5 Å². The van der Waals surface area contributed by atoms with Gasteiger partial charge in [0.05, 0.1) is 13.2 Å². The van der Waals surface area contributed by atoms with E-state index in [4.69, 9.17) is 14.2 Å². The van der Waals surface area contributed by atoms with Gasteiger partial charge in [0.25, 0.3) is 0 Å². The second kappa shape index (κ2) is 12.7. The highest BCUT2D eigenvalue weighted by molar-refractivity contribution is 5.39. The highest BCUT2D eigenvalue weighted by Gasteiger charge is 2.21. The molecule has 6 heteroatoms. The molecular weight excluding hydrogens is 392 g/mol. The second-order valence-corrected chi connectivity index (χ2v) is 7.90. The summed E-state index contributed by atoms with van der Waals surface area (Å²) in [4.78, 5) is 4.80. The molecule has 3 rings (SSSR count). The first kappa shape index (κ1) is 23.5. The summed E-state index contributed by atoms with van der Waals surface area (Å²) in [5.41, 5.74) is 1.25. The standard InChI is InChI=1S/C25H36N2O4/c1-3-30-23(21-9-5-4-6-10-21)13-14-26-15-17-27(18-16-26)19-22(28)20-31-25-12-8-7-11-24(25)29-2/h4-12,22-23,28H,3,13-20H2,1-2H3. The van der Waals surface area contributed by atoms with Crippen LogP contribution < -0.4 is 9.47 Å². The third-order valence-electron chi connectivity index (χ3n) is 5.68. The normalized spacial score (nSPS) is 17.3. The Bertz CT molecular complexity index is 750. The smallest absolute Gasteiger partial charge is 0.161 e. The van der Waals surface area contributed by atoms with Crippen LogP contribution in [0.5, 0.6) is 11.5 Å². The Hall–Kier alpha value is -2.12. The lowest BCUT2D eigenvalue weighted by Gasteiger charge is -2.36. The predicted octanol–water partition coefficient (Wildman–Crippen LogP) is 3.22. The molecule has 1 N–H and O–H groups in total. The number of para-hydroxylation sites is 2. The Morgan fingerprint density at radius 2 is 1.55 bits per heavy atom. The molecule has 0 aromatic heterocycles. The van der Waals surface area contributed by atoms with Crippen molar-refractivity contribution in [2.75, 3.05) is 59.6 Å². The van der Waals surface area contributed by atoms with Crippen LogP contribution in [0.1, 0.15) is 25.0 Å². The van der Waals surface area contributed by atoms with Gasteiger partial charge in [-0.15, -0.1) is 0 Å². The number of ether oxygens (including phenoxy) is 3. The molecule has 1 aliphatic rings. The molecule has 1 aliphatic heterocycles. The van der Waals surface area contributed by atoms with Crippen molar-refractivity contribution in [1.82, 2.24) is 9.80 Å². The van der Waals surface area contributed by atoms with Gasteiger partial charge in [0, 0.05) is 45.9 Å². The molecule has 1 fully saturated rings. The average molecular weight is 429 g/mol. The average Bonchev–Trinajstić information content (AvgIpc) is 2.82. The molecule has 0 bridgehead atoms. The first-order chi connectivity index (χ1) is 15.2. The van der Waals surface area contributed by atoms with Gasteiger partial charge in [0.15, 0.2) is 11.5 Å². The zero-order chi connectivity index (χ0) is 21.9. The Kier molecular flexibility index (Phi) is 9.62. The molecule has 2 aromatic carbocycles. The van der Waals surface area contributed by atoms with Crippen LogP contribution in [-0.4, -0.2) is 80.6 Å². The Morgan fingerprint density at radius 1 is 0.903 bits per heavy atom. The SMILES string of the molecule is CCOC(CCN1CCN(CC(O)COc2ccccc2OC)CC1)c1ccccc1. The minimum absolute atomic E-state index is 0.151. The summed E-state index contributed by atoms with van der Waals surface area (Å²) in [6, 6.07) is 18.0. The summed E-state index contributed by atoms with van der Waals surface area (Å²) < 4.78 is 17.0. The molecule has 0 amide bonds. The molecule has 0 radical (unpaired) electrons. The number of methoxy groups -OCH3 is 1. The summed E-state index contributed by atoms with van der Waals surface area (Å²) in [6.07, 6.45) is 0.614. The molecule has 170 valence electrons. The Labute approximate surface area is 186 Å². The highest BCUT2D eigenvalue weighted by atomic mass is 16.5. The maximum atomic E-state index is 10.4. The molecule has 6 nitrogen and oxygen atoms in total. The van der Waals surface area contributed by atoms with Gasteiger partial charge in [-0.2, -0.15) is 0 Å². The van der Waals surface area contributed by atoms with Crippen LogP contribution in [0.2, 0.25) is 0 Å². The topological polar surface area (TPSA) is 54.4 Å². The fourth-order valence-electron chi connectivity index (χ4n) is 3.99. The third-order valence-corrected chi connectivity index (χ3v) is 5.68. The fraction of sp³-hybridized carbons (Fsp3) is 0.520. The van der Waals surface area contributed by atoms with Crippen molar-refractivity contribution in [1.29, 1.82) is 0 Å². The van der Waals surface area contributed by atoms with Crippen LogP contribution in [0.3, 0.4) is 0 Å². The number of β-amino-alcohol motifs (C(OH)–C–C–N with tert-alkyl or cyclic N) is 1. The Morgan fingerprint density at radius 3 is 2.23 bits per heavy atom.